The summed E-state index contributed by atoms with van der Waals surface area (Å²) in [6.07, 6.45) is 2.06. The molecule has 0 radical (unpaired) electrons. The molecule has 19 heavy (non-hydrogen) atoms. The van der Waals surface area contributed by atoms with Crippen LogP contribution in [0.25, 0.3) is 10.1 Å². The summed E-state index contributed by atoms with van der Waals surface area (Å²) in [6.45, 7) is 1.83. The minimum Gasteiger partial charge on any atom is -0.286 e. The molecule has 100 valence electrons. The van der Waals surface area contributed by atoms with Crippen LogP contribution in [0, 0.1) is 5.92 Å². The van der Waals surface area contributed by atoms with Crippen LogP contribution in [0.15, 0.2) is 30.3 Å². The van der Waals surface area contributed by atoms with Gasteiger partial charge in [-0.25, -0.2) is 5.06 Å². The van der Waals surface area contributed by atoms with Gasteiger partial charge in [0.05, 0.1) is 0 Å². The molecule has 2 atom stereocenters. The SMILES string of the molecule is CC(=O)N(O)CCC1CC1c1cc2ccccc2s1. The van der Waals surface area contributed by atoms with Gasteiger partial charge in [-0.1, -0.05) is 18.2 Å². The van der Waals surface area contributed by atoms with Crippen molar-refractivity contribution in [2.24, 2.45) is 5.92 Å². The average molecular weight is 275 g/mol. The summed E-state index contributed by atoms with van der Waals surface area (Å²) in [5, 5.41) is 11.5. The summed E-state index contributed by atoms with van der Waals surface area (Å²) < 4.78 is 1.34. The molecule has 0 saturated heterocycles. The summed E-state index contributed by atoms with van der Waals surface area (Å²) in [6, 6.07) is 10.7. The summed E-state index contributed by atoms with van der Waals surface area (Å²) in [5.74, 6) is 0.957. The first-order chi connectivity index (χ1) is 9.15. The van der Waals surface area contributed by atoms with E-state index in [1.807, 2.05) is 11.3 Å². The number of hydrogen-bond acceptors (Lipinski definition) is 3. The number of hydroxylamine groups is 2. The van der Waals surface area contributed by atoms with E-state index in [0.717, 1.165) is 11.5 Å². The lowest BCUT2D eigenvalue weighted by molar-refractivity contribution is -0.163. The van der Waals surface area contributed by atoms with Crippen LogP contribution >= 0.6 is 11.3 Å². The number of amides is 1. The lowest BCUT2D eigenvalue weighted by atomic mass is 10.2. The van der Waals surface area contributed by atoms with Gasteiger partial charge in [0.1, 0.15) is 0 Å². The van der Waals surface area contributed by atoms with Gasteiger partial charge in [0.2, 0.25) is 5.91 Å². The molecule has 1 heterocycles. The molecule has 0 bridgehead atoms. The van der Waals surface area contributed by atoms with Gasteiger partial charge in [0, 0.05) is 23.0 Å². The highest BCUT2D eigenvalue weighted by Crippen LogP contribution is 2.52. The predicted molar refractivity (Wildman–Crippen MR) is 76.5 cm³/mol. The van der Waals surface area contributed by atoms with Crippen molar-refractivity contribution in [3.63, 3.8) is 0 Å². The van der Waals surface area contributed by atoms with E-state index >= 15 is 0 Å². The third-order valence-electron chi connectivity index (χ3n) is 3.81. The Morgan fingerprint density at radius 2 is 2.26 bits per heavy atom. The van der Waals surface area contributed by atoms with Gasteiger partial charge < -0.3 is 0 Å². The molecule has 1 amide bonds. The maximum absolute atomic E-state index is 10.9. The number of carbonyl (C=O) groups is 1. The maximum Gasteiger partial charge on any atom is 0.242 e. The molecule has 0 spiro atoms. The number of rotatable bonds is 4. The Balaban J connectivity index is 1.61. The van der Waals surface area contributed by atoms with Gasteiger partial charge in [-0.2, -0.15) is 0 Å². The Kier molecular flexibility index (Phi) is 3.29. The third kappa shape index (κ3) is 2.65. The lowest BCUT2D eigenvalue weighted by Gasteiger charge is -2.11. The Morgan fingerprint density at radius 1 is 1.47 bits per heavy atom. The lowest BCUT2D eigenvalue weighted by Crippen LogP contribution is -2.25. The van der Waals surface area contributed by atoms with Crippen LogP contribution in [0.4, 0.5) is 0 Å². The highest BCUT2D eigenvalue weighted by atomic mass is 32.1. The average Bonchev–Trinajstić information content (AvgIpc) is 3.05. The molecule has 0 aliphatic heterocycles. The van der Waals surface area contributed by atoms with Crippen molar-refractivity contribution in [3.8, 4) is 0 Å². The summed E-state index contributed by atoms with van der Waals surface area (Å²) in [4.78, 5) is 12.4. The Morgan fingerprint density at radius 3 is 3.00 bits per heavy atom. The van der Waals surface area contributed by atoms with E-state index in [1.165, 1.54) is 28.3 Å². The van der Waals surface area contributed by atoms with Crippen LogP contribution in [-0.4, -0.2) is 22.7 Å². The Hall–Kier alpha value is -1.39. The Labute approximate surface area is 116 Å². The summed E-state index contributed by atoms with van der Waals surface area (Å²) in [7, 11) is 0. The molecule has 2 aromatic rings. The van der Waals surface area contributed by atoms with Crippen LogP contribution in [0.3, 0.4) is 0 Å². The number of nitrogens with zero attached hydrogens (tertiary/aromatic N) is 1. The largest absolute Gasteiger partial charge is 0.286 e. The van der Waals surface area contributed by atoms with Gasteiger partial charge in [0.15, 0.2) is 0 Å². The molecule has 1 saturated carbocycles. The molecule has 1 aromatic carbocycles. The van der Waals surface area contributed by atoms with E-state index in [9.17, 15) is 10.0 Å². The molecule has 1 aliphatic carbocycles. The van der Waals surface area contributed by atoms with E-state index in [4.69, 9.17) is 0 Å². The van der Waals surface area contributed by atoms with Crippen LogP contribution in [-0.2, 0) is 4.79 Å². The topological polar surface area (TPSA) is 40.5 Å². The fourth-order valence-corrected chi connectivity index (χ4v) is 3.82. The van der Waals surface area contributed by atoms with E-state index in [1.54, 1.807) is 0 Å². The molecule has 1 aliphatic rings. The number of fused-ring (bicyclic) bond motifs is 1. The van der Waals surface area contributed by atoms with Crippen molar-refractivity contribution in [1.82, 2.24) is 5.06 Å². The third-order valence-corrected chi connectivity index (χ3v) is 5.06. The summed E-state index contributed by atoms with van der Waals surface area (Å²) in [5.41, 5.74) is 0. The van der Waals surface area contributed by atoms with E-state index in [0.29, 0.717) is 18.4 Å². The van der Waals surface area contributed by atoms with Gasteiger partial charge in [0.25, 0.3) is 0 Å². The fourth-order valence-electron chi connectivity index (χ4n) is 2.55. The zero-order chi connectivity index (χ0) is 13.4. The second kappa shape index (κ2) is 4.94. The van der Waals surface area contributed by atoms with Crippen LogP contribution in [0.2, 0.25) is 0 Å². The van der Waals surface area contributed by atoms with Crippen molar-refractivity contribution in [3.05, 3.63) is 35.2 Å². The normalized spacial score (nSPS) is 21.6. The highest BCUT2D eigenvalue weighted by Gasteiger charge is 2.39. The van der Waals surface area contributed by atoms with Gasteiger partial charge >= 0.3 is 0 Å². The molecule has 3 rings (SSSR count). The van der Waals surface area contributed by atoms with Gasteiger partial charge in [-0.3, -0.25) is 10.0 Å². The van der Waals surface area contributed by atoms with Crippen LogP contribution < -0.4 is 0 Å². The zero-order valence-electron chi connectivity index (χ0n) is 10.9. The molecule has 1 aromatic heterocycles. The molecule has 3 nitrogen and oxygen atoms in total. The Bertz CT molecular complexity index is 574. The number of benzene rings is 1. The van der Waals surface area contributed by atoms with Crippen LogP contribution in [0.5, 0.6) is 0 Å². The first kappa shape index (κ1) is 12.6. The van der Waals surface area contributed by atoms with E-state index < -0.39 is 0 Å². The smallest absolute Gasteiger partial charge is 0.242 e. The van der Waals surface area contributed by atoms with Crippen molar-refractivity contribution in [2.75, 3.05) is 6.54 Å². The number of hydrogen-bond donors (Lipinski definition) is 1. The zero-order valence-corrected chi connectivity index (χ0v) is 11.7. The second-order valence-electron chi connectivity index (χ2n) is 5.22. The van der Waals surface area contributed by atoms with Crippen molar-refractivity contribution in [2.45, 2.75) is 25.7 Å². The van der Waals surface area contributed by atoms with Crippen LogP contribution in [0.1, 0.15) is 30.6 Å². The molecule has 2 unspecified atom stereocenters. The minimum atomic E-state index is -0.279. The van der Waals surface area contributed by atoms with Gasteiger partial charge in [-0.05, 0) is 42.2 Å². The minimum absolute atomic E-state index is 0.279. The molecular formula is C15H17NO2S. The first-order valence-corrected chi connectivity index (χ1v) is 7.42. The molecular weight excluding hydrogens is 258 g/mol. The highest BCUT2D eigenvalue weighted by molar-refractivity contribution is 7.19. The monoisotopic (exact) mass is 275 g/mol. The maximum atomic E-state index is 10.9. The van der Waals surface area contributed by atoms with Gasteiger partial charge in [-0.15, -0.1) is 11.3 Å². The van der Waals surface area contributed by atoms with Crippen molar-refractivity contribution >= 4 is 27.3 Å². The fraction of sp³-hybridized carbons (Fsp3) is 0.400. The summed E-state index contributed by atoms with van der Waals surface area (Å²) >= 11 is 1.87. The molecule has 1 fully saturated rings. The standard InChI is InChI=1S/C15H17NO2S/c1-10(17)16(18)7-6-11-8-13(11)15-9-12-4-2-3-5-14(12)19-15/h2-5,9,11,13,18H,6-8H2,1H3. The molecule has 1 N–H and O–H groups in total. The van der Waals surface area contributed by atoms with E-state index in [-0.39, 0.29) is 5.91 Å². The molecule has 4 heteroatoms. The quantitative estimate of drug-likeness (QED) is 0.683. The van der Waals surface area contributed by atoms with Crippen molar-refractivity contribution in [1.29, 1.82) is 0 Å². The van der Waals surface area contributed by atoms with E-state index in [2.05, 4.69) is 30.3 Å². The predicted octanol–water partition coefficient (Wildman–Crippen LogP) is 3.63. The number of carbonyl (C=O) groups excluding carboxylic acids is 1. The number of thiophene rings is 1. The second-order valence-corrected chi connectivity index (χ2v) is 6.34. The van der Waals surface area contributed by atoms with Crippen molar-refractivity contribution < 1.29 is 10.0 Å². The first-order valence-electron chi connectivity index (χ1n) is 6.60.